The standard InChI is InChI=1S/C60H37N3OS2/c1-60(2)47-19-6-3-12-39(47)41-16-9-15-38(56(41)60)35-26-24-34(25-27-35)36-28-30-48-46(32-36)54-43(17-10-20-49(54)64-48)58-61-57(37-29-31-52-45(33-37)40-13-4-7-21-50(40)65-52)62-59(63-58)44-18-11-23-53-55(44)42-14-5-8-22-51(42)66-53/h3-33H,1-2H3. The molecule has 9 aromatic carbocycles. The molecule has 4 heterocycles. The van der Waals surface area contributed by atoms with Crippen LogP contribution in [0, 0.1) is 0 Å². The van der Waals surface area contributed by atoms with E-state index in [0.717, 1.165) is 55.1 Å². The van der Waals surface area contributed by atoms with Gasteiger partial charge in [0.15, 0.2) is 17.5 Å². The van der Waals surface area contributed by atoms with Crippen LogP contribution >= 0.6 is 22.7 Å². The Kier molecular flexibility index (Phi) is 8.04. The van der Waals surface area contributed by atoms with Crippen molar-refractivity contribution in [1.29, 1.82) is 0 Å². The van der Waals surface area contributed by atoms with Gasteiger partial charge in [0.1, 0.15) is 11.2 Å². The molecule has 0 saturated carbocycles. The van der Waals surface area contributed by atoms with E-state index >= 15 is 0 Å². The van der Waals surface area contributed by atoms with Crippen LogP contribution in [0.4, 0.5) is 0 Å². The van der Waals surface area contributed by atoms with Gasteiger partial charge in [0.25, 0.3) is 0 Å². The minimum absolute atomic E-state index is 0.0928. The van der Waals surface area contributed by atoms with Gasteiger partial charge in [-0.2, -0.15) is 0 Å². The van der Waals surface area contributed by atoms with Crippen molar-refractivity contribution < 1.29 is 4.42 Å². The minimum atomic E-state index is -0.0928. The molecule has 0 amide bonds. The van der Waals surface area contributed by atoms with E-state index in [1.807, 2.05) is 23.5 Å². The summed E-state index contributed by atoms with van der Waals surface area (Å²) in [5, 5.41) is 6.80. The van der Waals surface area contributed by atoms with Crippen LogP contribution < -0.4 is 0 Å². The summed E-state index contributed by atoms with van der Waals surface area (Å²) in [5.41, 5.74) is 14.5. The normalized spacial score (nSPS) is 13.1. The molecule has 0 saturated heterocycles. The lowest BCUT2D eigenvalue weighted by molar-refractivity contribution is 0.662. The van der Waals surface area contributed by atoms with Crippen molar-refractivity contribution in [3.05, 3.63) is 199 Å². The van der Waals surface area contributed by atoms with E-state index in [1.165, 1.54) is 68.3 Å². The maximum atomic E-state index is 6.61. The van der Waals surface area contributed by atoms with Gasteiger partial charge in [-0.1, -0.05) is 147 Å². The zero-order chi connectivity index (χ0) is 43.7. The summed E-state index contributed by atoms with van der Waals surface area (Å²) in [6.45, 7) is 4.70. The number of furan rings is 1. The number of aromatic nitrogens is 3. The Bertz CT molecular complexity index is 4150. The van der Waals surface area contributed by atoms with Crippen LogP contribution in [0.15, 0.2) is 192 Å². The van der Waals surface area contributed by atoms with Crippen molar-refractivity contribution in [3.8, 4) is 67.5 Å². The number of fused-ring (bicyclic) bond motifs is 12. The van der Waals surface area contributed by atoms with Gasteiger partial charge >= 0.3 is 0 Å². The smallest absolute Gasteiger partial charge is 0.164 e. The molecule has 310 valence electrons. The molecule has 13 aromatic rings. The average molecular weight is 880 g/mol. The molecule has 66 heavy (non-hydrogen) atoms. The van der Waals surface area contributed by atoms with Gasteiger partial charge in [0.2, 0.25) is 0 Å². The molecule has 14 rings (SSSR count). The summed E-state index contributed by atoms with van der Waals surface area (Å²) < 4.78 is 11.6. The highest BCUT2D eigenvalue weighted by Crippen LogP contribution is 2.52. The molecule has 1 aliphatic carbocycles. The molecule has 0 atom stereocenters. The maximum Gasteiger partial charge on any atom is 0.164 e. The Morgan fingerprint density at radius 3 is 1.77 bits per heavy atom. The third-order valence-electron chi connectivity index (χ3n) is 13.8. The zero-order valence-electron chi connectivity index (χ0n) is 36.0. The monoisotopic (exact) mass is 879 g/mol. The molecule has 0 bridgehead atoms. The van der Waals surface area contributed by atoms with Gasteiger partial charge < -0.3 is 4.42 Å². The van der Waals surface area contributed by atoms with Crippen molar-refractivity contribution in [2.45, 2.75) is 19.3 Å². The van der Waals surface area contributed by atoms with Crippen molar-refractivity contribution in [2.75, 3.05) is 0 Å². The molecule has 6 heteroatoms. The molecule has 0 aliphatic heterocycles. The van der Waals surface area contributed by atoms with E-state index in [1.54, 1.807) is 11.3 Å². The molecule has 0 fully saturated rings. The first kappa shape index (κ1) is 37.6. The maximum absolute atomic E-state index is 6.61. The third-order valence-corrected chi connectivity index (χ3v) is 16.0. The topological polar surface area (TPSA) is 51.8 Å². The molecular weight excluding hydrogens is 843 g/mol. The quantitative estimate of drug-likeness (QED) is 0.173. The Hall–Kier alpha value is -7.77. The Morgan fingerprint density at radius 1 is 0.364 bits per heavy atom. The van der Waals surface area contributed by atoms with Crippen LogP contribution in [0.25, 0.3) is 130 Å². The summed E-state index contributed by atoms with van der Waals surface area (Å²) in [7, 11) is 0. The molecular formula is C60H37N3OS2. The van der Waals surface area contributed by atoms with Crippen LogP contribution in [0.3, 0.4) is 0 Å². The summed E-state index contributed by atoms with van der Waals surface area (Å²) in [4.78, 5) is 16.1. The van der Waals surface area contributed by atoms with Gasteiger partial charge in [-0.05, 0) is 99.1 Å². The van der Waals surface area contributed by atoms with E-state index in [9.17, 15) is 0 Å². The molecule has 4 aromatic heterocycles. The highest BCUT2D eigenvalue weighted by molar-refractivity contribution is 7.26. The first-order valence-electron chi connectivity index (χ1n) is 22.3. The van der Waals surface area contributed by atoms with Gasteiger partial charge in [0.05, 0.1) is 0 Å². The van der Waals surface area contributed by atoms with Crippen LogP contribution in [-0.2, 0) is 5.41 Å². The van der Waals surface area contributed by atoms with Crippen LogP contribution in [0.1, 0.15) is 25.0 Å². The number of rotatable bonds is 5. The van der Waals surface area contributed by atoms with Crippen molar-refractivity contribution in [3.63, 3.8) is 0 Å². The zero-order valence-corrected chi connectivity index (χ0v) is 37.6. The first-order valence-corrected chi connectivity index (χ1v) is 24.0. The number of hydrogen-bond donors (Lipinski definition) is 0. The Morgan fingerprint density at radius 2 is 0.924 bits per heavy atom. The average Bonchev–Trinajstić information content (AvgIpc) is 4.11. The summed E-state index contributed by atoms with van der Waals surface area (Å²) >= 11 is 3.61. The fourth-order valence-corrected chi connectivity index (χ4v) is 12.9. The predicted octanol–water partition coefficient (Wildman–Crippen LogP) is 17.1. The van der Waals surface area contributed by atoms with Crippen molar-refractivity contribution in [2.24, 2.45) is 0 Å². The van der Waals surface area contributed by atoms with Crippen LogP contribution in [0.5, 0.6) is 0 Å². The van der Waals surface area contributed by atoms with E-state index < -0.39 is 0 Å². The lowest BCUT2D eigenvalue weighted by Gasteiger charge is -2.24. The second-order valence-corrected chi connectivity index (χ2v) is 20.0. The molecule has 0 unspecified atom stereocenters. The van der Waals surface area contributed by atoms with Crippen LogP contribution in [-0.4, -0.2) is 15.0 Å². The molecule has 0 spiro atoms. The van der Waals surface area contributed by atoms with E-state index in [-0.39, 0.29) is 5.41 Å². The second-order valence-electron chi connectivity index (χ2n) is 17.9. The third kappa shape index (κ3) is 5.59. The summed E-state index contributed by atoms with van der Waals surface area (Å²) in [6, 6.07) is 67.6. The first-order chi connectivity index (χ1) is 32.4. The summed E-state index contributed by atoms with van der Waals surface area (Å²) in [6.07, 6.45) is 0. The Labute approximate surface area is 388 Å². The van der Waals surface area contributed by atoms with Crippen LogP contribution in [0.2, 0.25) is 0 Å². The van der Waals surface area contributed by atoms with Gasteiger partial charge in [-0.3, -0.25) is 0 Å². The SMILES string of the molecule is CC1(C)c2ccccc2-c2cccc(-c3ccc(-c4ccc5oc6cccc(-c7nc(-c8ccc9sc%10ccccc%10c9c8)nc(-c8cccc9sc%10ccccc%10c89)n7)c6c5c4)cc3)c21. The number of thiophene rings is 2. The number of hydrogen-bond acceptors (Lipinski definition) is 6. The molecule has 0 radical (unpaired) electrons. The largest absolute Gasteiger partial charge is 0.456 e. The fourth-order valence-electron chi connectivity index (χ4n) is 10.7. The summed E-state index contributed by atoms with van der Waals surface area (Å²) in [5.74, 6) is 1.87. The highest BCUT2D eigenvalue weighted by Gasteiger charge is 2.37. The molecule has 0 N–H and O–H groups in total. The van der Waals surface area contributed by atoms with Gasteiger partial charge in [-0.15, -0.1) is 22.7 Å². The van der Waals surface area contributed by atoms with Gasteiger partial charge in [0, 0.05) is 73.2 Å². The lowest BCUT2D eigenvalue weighted by Crippen LogP contribution is -2.16. The second kappa shape index (κ2) is 14.1. The number of nitrogens with zero attached hydrogens (tertiary/aromatic N) is 3. The van der Waals surface area contributed by atoms with E-state index in [4.69, 9.17) is 19.4 Å². The number of benzene rings is 9. The predicted molar refractivity (Wildman–Crippen MR) is 278 cm³/mol. The van der Waals surface area contributed by atoms with Crippen molar-refractivity contribution >= 4 is 85.0 Å². The Balaban J connectivity index is 0.926. The van der Waals surface area contributed by atoms with Crippen molar-refractivity contribution in [1.82, 2.24) is 15.0 Å². The fraction of sp³-hybridized carbons (Fsp3) is 0.0500. The van der Waals surface area contributed by atoms with E-state index in [0.29, 0.717) is 17.5 Å². The lowest BCUT2D eigenvalue weighted by atomic mass is 9.79. The van der Waals surface area contributed by atoms with E-state index in [2.05, 4.69) is 190 Å². The molecule has 4 nitrogen and oxygen atoms in total. The van der Waals surface area contributed by atoms with Gasteiger partial charge in [-0.25, -0.2) is 15.0 Å². The molecule has 1 aliphatic rings. The minimum Gasteiger partial charge on any atom is -0.456 e. The highest BCUT2D eigenvalue weighted by atomic mass is 32.1.